The summed E-state index contributed by atoms with van der Waals surface area (Å²) >= 11 is 0. The molecule has 2 aromatic rings. The van der Waals surface area contributed by atoms with Crippen LogP contribution in [0.5, 0.6) is 5.75 Å². The van der Waals surface area contributed by atoms with Crippen molar-refractivity contribution in [3.8, 4) is 5.75 Å². The van der Waals surface area contributed by atoms with E-state index in [0.29, 0.717) is 5.75 Å². The van der Waals surface area contributed by atoms with Crippen LogP contribution in [0.15, 0.2) is 54.6 Å². The molecule has 0 bridgehead atoms. The Morgan fingerprint density at radius 2 is 1.58 bits per heavy atom. The number of benzene rings is 2. The second kappa shape index (κ2) is 7.51. The van der Waals surface area contributed by atoms with Gasteiger partial charge in [-0.25, -0.2) is 4.79 Å². The van der Waals surface area contributed by atoms with Crippen LogP contribution in [-0.2, 0) is 15.1 Å². The molecule has 0 saturated heterocycles. The third-order valence-corrected chi connectivity index (χ3v) is 3.62. The number of carboxylic acids is 1. The Morgan fingerprint density at radius 3 is 2.12 bits per heavy atom. The number of carbonyl (C=O) groups excluding carboxylic acids is 2. The molecule has 0 unspecified atom stereocenters. The van der Waals surface area contributed by atoms with Gasteiger partial charge < -0.3 is 19.4 Å². The van der Waals surface area contributed by atoms with Crippen LogP contribution in [0.2, 0.25) is 0 Å². The lowest BCUT2D eigenvalue weighted by Crippen LogP contribution is -2.45. The van der Waals surface area contributed by atoms with Crippen molar-refractivity contribution in [1.82, 2.24) is 0 Å². The number of halogens is 2. The molecule has 0 aliphatic rings. The third-order valence-electron chi connectivity index (χ3n) is 3.62. The molecule has 0 amide bonds. The monoisotopic (exact) mass is 363 g/mol. The molecule has 0 radical (unpaired) electrons. The Labute approximate surface area is 149 Å². The largest absolute Gasteiger partial charge is 0.544 e. The number of carbonyl (C=O) groups is 2. The van der Waals surface area contributed by atoms with E-state index in [4.69, 9.17) is 4.74 Å². The minimum atomic E-state index is -4.24. The third kappa shape index (κ3) is 4.78. The van der Waals surface area contributed by atoms with Crippen LogP contribution >= 0.6 is 0 Å². The van der Waals surface area contributed by atoms with Crippen molar-refractivity contribution >= 4 is 11.9 Å². The topological polar surface area (TPSA) is 75.7 Å². The van der Waals surface area contributed by atoms with Gasteiger partial charge >= 0.3 is 11.9 Å². The highest BCUT2D eigenvalue weighted by Gasteiger charge is 2.33. The zero-order chi connectivity index (χ0) is 19.4. The van der Waals surface area contributed by atoms with Gasteiger partial charge in [0.1, 0.15) is 17.3 Å². The van der Waals surface area contributed by atoms with Gasteiger partial charge in [0, 0.05) is 0 Å². The predicted molar refractivity (Wildman–Crippen MR) is 86.8 cm³/mol. The first-order valence-corrected chi connectivity index (χ1v) is 7.73. The summed E-state index contributed by atoms with van der Waals surface area (Å²) in [4.78, 5) is 21.9. The molecule has 0 N–H and O–H groups in total. The fourth-order valence-electron chi connectivity index (χ4n) is 2.15. The van der Waals surface area contributed by atoms with E-state index >= 15 is 0 Å². The highest BCUT2D eigenvalue weighted by atomic mass is 19.3. The summed E-state index contributed by atoms with van der Waals surface area (Å²) in [6.07, 6.45) is 0. The lowest BCUT2D eigenvalue weighted by atomic mass is 9.98. The lowest BCUT2D eigenvalue weighted by molar-refractivity contribution is -0.331. The summed E-state index contributed by atoms with van der Waals surface area (Å²) < 4.78 is 36.0. The van der Waals surface area contributed by atoms with Crippen molar-refractivity contribution in [2.45, 2.75) is 25.4 Å². The van der Waals surface area contributed by atoms with Gasteiger partial charge in [0.15, 0.2) is 6.61 Å². The second-order valence-electron chi connectivity index (χ2n) is 6.07. The van der Waals surface area contributed by atoms with Crippen LogP contribution in [0.25, 0.3) is 0 Å². The summed E-state index contributed by atoms with van der Waals surface area (Å²) in [5, 5.41) is 10.2. The van der Waals surface area contributed by atoms with Crippen LogP contribution in [0.4, 0.5) is 8.78 Å². The highest BCUT2D eigenvalue weighted by Crippen LogP contribution is 2.27. The standard InChI is InChI=1S/C19H18F2O5/c1-18(2,14-6-4-3-5-7-14)26-15-10-8-13(9-11-15)16(22)25-12-19(20,21)17(23)24/h3-11H,12H2,1-2H3,(H,23,24)/p-1. The molecule has 5 nitrogen and oxygen atoms in total. The molecule has 0 fully saturated rings. The summed E-state index contributed by atoms with van der Waals surface area (Å²) in [6.45, 7) is 2.17. The second-order valence-corrected chi connectivity index (χ2v) is 6.07. The molecule has 0 saturated carbocycles. The van der Waals surface area contributed by atoms with Gasteiger partial charge in [-0.05, 0) is 43.7 Å². The number of hydrogen-bond acceptors (Lipinski definition) is 5. The van der Waals surface area contributed by atoms with Crippen LogP contribution in [-0.4, -0.2) is 24.5 Å². The van der Waals surface area contributed by atoms with Crippen molar-refractivity contribution in [2.75, 3.05) is 6.61 Å². The lowest BCUT2D eigenvalue weighted by Gasteiger charge is -2.27. The molecule has 0 aliphatic heterocycles. The smallest absolute Gasteiger partial charge is 0.338 e. The van der Waals surface area contributed by atoms with E-state index < -0.39 is 30.1 Å². The normalized spacial score (nSPS) is 11.7. The van der Waals surface area contributed by atoms with Crippen molar-refractivity contribution in [1.29, 1.82) is 0 Å². The van der Waals surface area contributed by atoms with E-state index in [1.54, 1.807) is 0 Å². The molecule has 138 valence electrons. The van der Waals surface area contributed by atoms with Gasteiger partial charge in [0.2, 0.25) is 0 Å². The maximum atomic E-state index is 12.9. The van der Waals surface area contributed by atoms with Crippen LogP contribution in [0.3, 0.4) is 0 Å². The number of esters is 1. The van der Waals surface area contributed by atoms with E-state index in [0.717, 1.165) is 5.56 Å². The fraction of sp³-hybridized carbons (Fsp3) is 0.263. The van der Waals surface area contributed by atoms with Crippen molar-refractivity contribution < 1.29 is 33.0 Å². The first-order chi connectivity index (χ1) is 12.1. The summed E-state index contributed by atoms with van der Waals surface area (Å²) in [7, 11) is 0. The number of ether oxygens (including phenoxy) is 2. The molecule has 0 heterocycles. The van der Waals surface area contributed by atoms with Gasteiger partial charge in [0.05, 0.1) is 5.56 Å². The number of rotatable bonds is 7. The minimum Gasteiger partial charge on any atom is -0.544 e. The zero-order valence-corrected chi connectivity index (χ0v) is 14.2. The fourth-order valence-corrected chi connectivity index (χ4v) is 2.15. The van der Waals surface area contributed by atoms with Gasteiger partial charge in [-0.2, -0.15) is 8.78 Å². The Kier molecular flexibility index (Phi) is 5.59. The first-order valence-electron chi connectivity index (χ1n) is 7.73. The van der Waals surface area contributed by atoms with E-state index in [-0.39, 0.29) is 5.56 Å². The molecule has 0 aromatic heterocycles. The SMILES string of the molecule is CC(C)(Oc1ccc(C(=O)OCC(F)(F)C(=O)[O-])cc1)c1ccccc1. The predicted octanol–water partition coefficient (Wildman–Crippen LogP) is 2.54. The Hall–Kier alpha value is -2.96. The quantitative estimate of drug-likeness (QED) is 0.707. The zero-order valence-electron chi connectivity index (χ0n) is 14.2. The molecule has 0 spiro atoms. The van der Waals surface area contributed by atoms with Gasteiger partial charge in [-0.1, -0.05) is 30.3 Å². The first kappa shape index (κ1) is 19.4. The number of aliphatic carboxylic acids is 1. The average Bonchev–Trinajstić information content (AvgIpc) is 2.60. The Bertz CT molecular complexity index is 770. The summed E-state index contributed by atoms with van der Waals surface area (Å²) in [6, 6.07) is 15.2. The molecule has 2 rings (SSSR count). The van der Waals surface area contributed by atoms with E-state index in [1.807, 2.05) is 44.2 Å². The Morgan fingerprint density at radius 1 is 1.00 bits per heavy atom. The molecule has 0 atom stereocenters. The van der Waals surface area contributed by atoms with Crippen molar-refractivity contribution in [2.24, 2.45) is 0 Å². The van der Waals surface area contributed by atoms with Crippen LogP contribution < -0.4 is 9.84 Å². The van der Waals surface area contributed by atoms with Gasteiger partial charge in [-0.15, -0.1) is 0 Å². The van der Waals surface area contributed by atoms with E-state index in [9.17, 15) is 23.5 Å². The van der Waals surface area contributed by atoms with E-state index in [1.165, 1.54) is 24.3 Å². The summed E-state index contributed by atoms with van der Waals surface area (Å²) in [5.74, 6) is -7.44. The molecular formula is C19H17F2O5-. The molecule has 26 heavy (non-hydrogen) atoms. The van der Waals surface area contributed by atoms with Crippen molar-refractivity contribution in [3.63, 3.8) is 0 Å². The molecule has 0 aliphatic carbocycles. The number of carboxylic acid groups (broad SMARTS) is 1. The number of hydrogen-bond donors (Lipinski definition) is 0. The summed E-state index contributed by atoms with van der Waals surface area (Å²) in [5.41, 5.74) is 0.317. The maximum Gasteiger partial charge on any atom is 0.338 e. The minimum absolute atomic E-state index is 0.0102. The molecule has 2 aromatic carbocycles. The van der Waals surface area contributed by atoms with Crippen molar-refractivity contribution in [3.05, 3.63) is 65.7 Å². The number of alkyl halides is 2. The maximum absolute atomic E-state index is 12.9. The van der Waals surface area contributed by atoms with Gasteiger partial charge in [0.25, 0.3) is 0 Å². The Balaban J connectivity index is 2.02. The van der Waals surface area contributed by atoms with Gasteiger partial charge in [-0.3, -0.25) is 0 Å². The highest BCUT2D eigenvalue weighted by molar-refractivity contribution is 5.89. The van der Waals surface area contributed by atoms with Crippen LogP contribution in [0, 0.1) is 0 Å². The van der Waals surface area contributed by atoms with Crippen LogP contribution in [0.1, 0.15) is 29.8 Å². The van der Waals surface area contributed by atoms with E-state index in [2.05, 4.69) is 4.74 Å². The average molecular weight is 363 g/mol. The molecule has 7 heteroatoms. The molecular weight excluding hydrogens is 346 g/mol.